The van der Waals surface area contributed by atoms with Crippen molar-refractivity contribution in [2.45, 2.75) is 96.1 Å². The van der Waals surface area contributed by atoms with E-state index in [1.54, 1.807) is 0 Å². The lowest BCUT2D eigenvalue weighted by Gasteiger charge is -2.20. The van der Waals surface area contributed by atoms with Crippen molar-refractivity contribution in [2.75, 3.05) is 6.61 Å². The van der Waals surface area contributed by atoms with Gasteiger partial charge in [-0.3, -0.25) is 4.79 Å². The van der Waals surface area contributed by atoms with Gasteiger partial charge in [-0.2, -0.15) is 0 Å². The number of benzene rings is 1. The van der Waals surface area contributed by atoms with Crippen molar-refractivity contribution in [1.82, 2.24) is 5.32 Å². The Balaban J connectivity index is 2.08. The summed E-state index contributed by atoms with van der Waals surface area (Å²) < 4.78 is 0. The molecule has 0 aliphatic rings. The molecule has 0 unspecified atom stereocenters. The van der Waals surface area contributed by atoms with Crippen LogP contribution in [0.1, 0.15) is 95.6 Å². The molecule has 0 saturated heterocycles. The number of hydrogen-bond acceptors (Lipinski definition) is 3. The second-order valence-electron chi connectivity index (χ2n) is 7.54. The number of aliphatic hydroxyl groups excluding tert-OH is 2. The summed E-state index contributed by atoms with van der Waals surface area (Å²) in [5.74, 6) is -0.0334. The summed E-state index contributed by atoms with van der Waals surface area (Å²) in [5.41, 5.74) is 0.805. The number of amides is 1. The molecular weight excluding hydrogens is 338 g/mol. The molecule has 4 nitrogen and oxygen atoms in total. The summed E-state index contributed by atoms with van der Waals surface area (Å²) in [6.45, 7) is 2.08. The number of carbonyl (C=O) groups is 1. The Morgan fingerprint density at radius 2 is 1.48 bits per heavy atom. The molecule has 1 amide bonds. The second-order valence-corrected chi connectivity index (χ2v) is 7.54. The first-order chi connectivity index (χ1) is 13.2. The Labute approximate surface area is 165 Å². The molecule has 0 fully saturated rings. The summed E-state index contributed by atoms with van der Waals surface area (Å²) in [6.07, 6.45) is 12.6. The SMILES string of the molecule is CCCCCCCCCCCCC(=O)N[C@@H](CO)C[C@@H](O)c1ccccc1. The fourth-order valence-electron chi connectivity index (χ4n) is 3.33. The average molecular weight is 378 g/mol. The smallest absolute Gasteiger partial charge is 0.220 e. The van der Waals surface area contributed by atoms with E-state index in [4.69, 9.17) is 0 Å². The first-order valence-electron chi connectivity index (χ1n) is 10.8. The zero-order valence-electron chi connectivity index (χ0n) is 17.0. The Bertz CT molecular complexity index is 478. The molecule has 0 heterocycles. The molecule has 4 heteroatoms. The normalized spacial score (nSPS) is 13.3. The molecule has 0 aliphatic heterocycles. The molecule has 1 aromatic carbocycles. The van der Waals surface area contributed by atoms with Crippen molar-refractivity contribution in [1.29, 1.82) is 0 Å². The van der Waals surface area contributed by atoms with Crippen LogP contribution < -0.4 is 5.32 Å². The molecule has 2 atom stereocenters. The number of aliphatic hydroxyl groups is 2. The van der Waals surface area contributed by atoms with E-state index in [2.05, 4.69) is 12.2 Å². The Morgan fingerprint density at radius 3 is 2.04 bits per heavy atom. The molecule has 154 valence electrons. The van der Waals surface area contributed by atoms with Gasteiger partial charge in [0, 0.05) is 6.42 Å². The maximum Gasteiger partial charge on any atom is 0.220 e. The van der Waals surface area contributed by atoms with E-state index in [-0.39, 0.29) is 12.5 Å². The number of hydrogen-bond donors (Lipinski definition) is 3. The van der Waals surface area contributed by atoms with Crippen molar-refractivity contribution in [2.24, 2.45) is 0 Å². The van der Waals surface area contributed by atoms with Crippen LogP contribution >= 0.6 is 0 Å². The molecule has 0 radical (unpaired) electrons. The average Bonchev–Trinajstić information content (AvgIpc) is 2.69. The maximum atomic E-state index is 12.1. The van der Waals surface area contributed by atoms with Crippen LogP contribution in [0, 0.1) is 0 Å². The fourth-order valence-corrected chi connectivity index (χ4v) is 3.33. The summed E-state index contributed by atoms with van der Waals surface area (Å²) in [6, 6.07) is 8.94. The second kappa shape index (κ2) is 15.6. The van der Waals surface area contributed by atoms with Crippen molar-refractivity contribution in [3.05, 3.63) is 35.9 Å². The minimum atomic E-state index is -0.680. The lowest BCUT2D eigenvalue weighted by Crippen LogP contribution is -2.38. The first kappa shape index (κ1) is 23.6. The van der Waals surface area contributed by atoms with Gasteiger partial charge in [0.15, 0.2) is 0 Å². The largest absolute Gasteiger partial charge is 0.394 e. The fraction of sp³-hybridized carbons (Fsp3) is 0.696. The van der Waals surface area contributed by atoms with Crippen LogP contribution in [0.2, 0.25) is 0 Å². The molecule has 0 aromatic heterocycles. The van der Waals surface area contributed by atoms with E-state index in [0.717, 1.165) is 18.4 Å². The van der Waals surface area contributed by atoms with Crippen LogP contribution in [0.15, 0.2) is 30.3 Å². The molecule has 0 spiro atoms. The molecule has 0 bridgehead atoms. The lowest BCUT2D eigenvalue weighted by atomic mass is 10.0. The standard InChI is InChI=1S/C23H39NO3/c1-2-3-4-5-6-7-8-9-10-14-17-23(27)24-21(19-25)18-22(26)20-15-12-11-13-16-20/h11-13,15-16,21-22,25-26H,2-10,14,17-19H2,1H3,(H,24,27)/t21-,22-/m1/s1. The van der Waals surface area contributed by atoms with E-state index in [9.17, 15) is 15.0 Å². The van der Waals surface area contributed by atoms with Crippen LogP contribution in [-0.2, 0) is 4.79 Å². The van der Waals surface area contributed by atoms with Crippen molar-refractivity contribution in [3.8, 4) is 0 Å². The Morgan fingerprint density at radius 1 is 0.926 bits per heavy atom. The first-order valence-corrected chi connectivity index (χ1v) is 10.8. The van der Waals surface area contributed by atoms with Crippen LogP contribution in [-0.4, -0.2) is 28.8 Å². The van der Waals surface area contributed by atoms with Gasteiger partial charge >= 0.3 is 0 Å². The van der Waals surface area contributed by atoms with Crippen molar-refractivity contribution >= 4 is 5.91 Å². The van der Waals surface area contributed by atoms with Gasteiger partial charge in [-0.1, -0.05) is 95.0 Å². The highest BCUT2D eigenvalue weighted by Crippen LogP contribution is 2.18. The lowest BCUT2D eigenvalue weighted by molar-refractivity contribution is -0.122. The molecule has 0 saturated carbocycles. The molecule has 1 aromatic rings. The molecular formula is C23H39NO3. The minimum absolute atomic E-state index is 0.0334. The molecule has 3 N–H and O–H groups in total. The van der Waals surface area contributed by atoms with E-state index < -0.39 is 12.1 Å². The van der Waals surface area contributed by atoms with Gasteiger partial charge in [-0.05, 0) is 18.4 Å². The predicted molar refractivity (Wildman–Crippen MR) is 111 cm³/mol. The highest BCUT2D eigenvalue weighted by atomic mass is 16.3. The molecule has 1 rings (SSSR count). The van der Waals surface area contributed by atoms with Crippen LogP contribution in [0.3, 0.4) is 0 Å². The zero-order chi connectivity index (χ0) is 19.7. The van der Waals surface area contributed by atoms with Crippen LogP contribution in [0.25, 0.3) is 0 Å². The van der Waals surface area contributed by atoms with Gasteiger partial charge in [-0.25, -0.2) is 0 Å². The van der Waals surface area contributed by atoms with Gasteiger partial charge in [0.25, 0.3) is 0 Å². The molecule has 0 aliphatic carbocycles. The predicted octanol–water partition coefficient (Wildman–Crippen LogP) is 4.90. The summed E-state index contributed by atoms with van der Waals surface area (Å²) in [4.78, 5) is 12.1. The van der Waals surface area contributed by atoms with Gasteiger partial charge in [0.1, 0.15) is 0 Å². The van der Waals surface area contributed by atoms with E-state index in [1.807, 2.05) is 30.3 Å². The van der Waals surface area contributed by atoms with Crippen molar-refractivity contribution < 1.29 is 15.0 Å². The zero-order valence-corrected chi connectivity index (χ0v) is 17.0. The van der Waals surface area contributed by atoms with Gasteiger partial charge in [0.2, 0.25) is 5.91 Å². The Kier molecular flexibility index (Phi) is 13.7. The van der Waals surface area contributed by atoms with Gasteiger partial charge < -0.3 is 15.5 Å². The third-order valence-corrected chi connectivity index (χ3v) is 5.04. The minimum Gasteiger partial charge on any atom is -0.394 e. The Hall–Kier alpha value is -1.39. The van der Waals surface area contributed by atoms with Crippen molar-refractivity contribution in [3.63, 3.8) is 0 Å². The summed E-state index contributed by atoms with van der Waals surface area (Å²) >= 11 is 0. The van der Waals surface area contributed by atoms with Crippen LogP contribution in [0.4, 0.5) is 0 Å². The quantitative estimate of drug-likeness (QED) is 0.359. The van der Waals surface area contributed by atoms with Gasteiger partial charge in [-0.15, -0.1) is 0 Å². The highest BCUT2D eigenvalue weighted by molar-refractivity contribution is 5.76. The number of unbranched alkanes of at least 4 members (excludes halogenated alkanes) is 9. The monoisotopic (exact) mass is 377 g/mol. The van der Waals surface area contributed by atoms with E-state index >= 15 is 0 Å². The maximum absolute atomic E-state index is 12.1. The van der Waals surface area contributed by atoms with E-state index in [1.165, 1.54) is 51.4 Å². The summed E-state index contributed by atoms with van der Waals surface area (Å²) in [7, 11) is 0. The van der Waals surface area contributed by atoms with Gasteiger partial charge in [0.05, 0.1) is 18.8 Å². The highest BCUT2D eigenvalue weighted by Gasteiger charge is 2.17. The topological polar surface area (TPSA) is 69.6 Å². The molecule has 27 heavy (non-hydrogen) atoms. The van der Waals surface area contributed by atoms with E-state index in [0.29, 0.717) is 12.8 Å². The number of carbonyl (C=O) groups excluding carboxylic acids is 1. The third-order valence-electron chi connectivity index (χ3n) is 5.04. The van der Waals surface area contributed by atoms with Crippen LogP contribution in [0.5, 0.6) is 0 Å². The third kappa shape index (κ3) is 11.8. The number of nitrogens with one attached hydrogen (secondary N) is 1. The number of rotatable bonds is 16. The summed E-state index contributed by atoms with van der Waals surface area (Å²) in [5, 5.41) is 22.6.